The second-order valence-electron chi connectivity index (χ2n) is 6.70. The van der Waals surface area contributed by atoms with Crippen molar-refractivity contribution in [2.45, 2.75) is 25.9 Å². The molecule has 9 heteroatoms. The molecule has 4 rings (SSSR count). The molecule has 0 radical (unpaired) electrons. The number of halogens is 2. The van der Waals surface area contributed by atoms with E-state index in [1.165, 1.54) is 23.2 Å². The number of anilines is 2. The zero-order chi connectivity index (χ0) is 20.2. The van der Waals surface area contributed by atoms with E-state index in [1.54, 1.807) is 24.3 Å². The average Bonchev–Trinajstić information content (AvgIpc) is 2.99. The number of fused-ring (bicyclic) bond motifs is 2. The molecule has 1 N–H and O–H groups in total. The second kappa shape index (κ2) is 6.62. The zero-order valence-corrected chi connectivity index (χ0v) is 17.2. The Morgan fingerprint density at radius 1 is 1.32 bits per heavy atom. The zero-order valence-electron chi connectivity index (χ0n) is 14.8. The summed E-state index contributed by atoms with van der Waals surface area (Å²) in [5.74, 6) is -1.17. The van der Waals surface area contributed by atoms with Crippen molar-refractivity contribution < 1.29 is 19.4 Å². The van der Waals surface area contributed by atoms with Crippen LogP contribution in [0.15, 0.2) is 30.3 Å². The summed E-state index contributed by atoms with van der Waals surface area (Å²) in [6.07, 6.45) is -0.474. The lowest BCUT2D eigenvalue weighted by atomic mass is 9.96. The Balaban J connectivity index is 1.93. The fraction of sp³-hybridized carbons (Fsp3) is 0.211. The maximum Gasteiger partial charge on any atom is 0.307 e. The normalized spacial score (nSPS) is 18.9. The summed E-state index contributed by atoms with van der Waals surface area (Å²) in [7, 11) is 0. The van der Waals surface area contributed by atoms with Gasteiger partial charge in [-0.25, -0.2) is 9.88 Å². The fourth-order valence-corrected chi connectivity index (χ4v) is 4.54. The van der Waals surface area contributed by atoms with E-state index < -0.39 is 23.9 Å². The van der Waals surface area contributed by atoms with Crippen molar-refractivity contribution in [2.75, 3.05) is 4.90 Å². The first-order valence-corrected chi connectivity index (χ1v) is 9.87. The van der Waals surface area contributed by atoms with Crippen molar-refractivity contribution >= 4 is 67.5 Å². The molecule has 28 heavy (non-hydrogen) atoms. The molecule has 2 aromatic carbocycles. The van der Waals surface area contributed by atoms with Crippen molar-refractivity contribution in [1.82, 2.24) is 4.98 Å². The number of carbonyl (C=O) groups is 2. The lowest BCUT2D eigenvalue weighted by Gasteiger charge is -2.39. The van der Waals surface area contributed by atoms with Crippen LogP contribution >= 0.6 is 34.5 Å². The molecule has 0 spiro atoms. The topological polar surface area (TPSA) is 79.7 Å². The summed E-state index contributed by atoms with van der Waals surface area (Å²) in [6, 6.07) is 8.72. The van der Waals surface area contributed by atoms with Gasteiger partial charge in [0, 0.05) is 0 Å². The maximum atomic E-state index is 13.3. The number of ether oxygens (including phenoxy) is 1. The number of aryl methyl sites for hydroxylation is 1. The first-order chi connectivity index (χ1) is 13.2. The number of aliphatic carboxylic acids is 1. The molecule has 1 aliphatic heterocycles. The van der Waals surface area contributed by atoms with Gasteiger partial charge in [-0.15, -0.1) is 0 Å². The monoisotopic (exact) mass is 436 g/mol. The average molecular weight is 437 g/mol. The van der Waals surface area contributed by atoms with Gasteiger partial charge in [0.15, 0.2) is 10.7 Å². The molecule has 6 nitrogen and oxygen atoms in total. The van der Waals surface area contributed by atoms with E-state index in [-0.39, 0.29) is 0 Å². The number of para-hydroxylation sites is 1. The van der Waals surface area contributed by atoms with Gasteiger partial charge in [0.25, 0.3) is 5.91 Å². The van der Waals surface area contributed by atoms with Crippen molar-refractivity contribution in [1.29, 1.82) is 0 Å². The molecule has 0 saturated carbocycles. The molecular formula is C19H14Cl2N2O4S. The van der Waals surface area contributed by atoms with Crippen LogP contribution in [0.4, 0.5) is 10.8 Å². The highest BCUT2D eigenvalue weighted by Gasteiger charge is 2.48. The molecule has 144 valence electrons. The van der Waals surface area contributed by atoms with Crippen LogP contribution in [0, 0.1) is 6.92 Å². The van der Waals surface area contributed by atoms with Gasteiger partial charge in [-0.3, -0.25) is 9.59 Å². The molecule has 0 aliphatic carbocycles. The molecule has 1 atom stereocenters. The largest absolute Gasteiger partial charge is 0.481 e. The van der Waals surface area contributed by atoms with Crippen molar-refractivity contribution in [2.24, 2.45) is 0 Å². The van der Waals surface area contributed by atoms with E-state index in [2.05, 4.69) is 4.98 Å². The van der Waals surface area contributed by atoms with Crippen LogP contribution in [-0.4, -0.2) is 27.6 Å². The minimum Gasteiger partial charge on any atom is -0.481 e. The van der Waals surface area contributed by atoms with Gasteiger partial charge in [-0.1, -0.05) is 46.7 Å². The SMILES string of the molecule is Cc1cccc2c1OC(C)(CC(=O)O)C(=O)N2c1nc2cc(Cl)c(Cl)cc2s1. The Labute approximate surface area is 174 Å². The van der Waals surface area contributed by atoms with Gasteiger partial charge in [0.2, 0.25) is 0 Å². The van der Waals surface area contributed by atoms with E-state index in [4.69, 9.17) is 27.9 Å². The number of thiazole rings is 1. The third-order valence-corrected chi connectivity index (χ3v) is 6.24. The Kier molecular flexibility index (Phi) is 4.49. The van der Waals surface area contributed by atoms with Gasteiger partial charge in [-0.05, 0) is 37.6 Å². The lowest BCUT2D eigenvalue weighted by Crippen LogP contribution is -2.53. The molecule has 0 bridgehead atoms. The van der Waals surface area contributed by atoms with E-state index in [0.29, 0.717) is 32.1 Å². The highest BCUT2D eigenvalue weighted by Crippen LogP contribution is 2.46. The Morgan fingerprint density at radius 3 is 2.75 bits per heavy atom. The number of rotatable bonds is 3. The van der Waals surface area contributed by atoms with Crippen LogP contribution in [0.2, 0.25) is 10.0 Å². The minimum absolute atomic E-state index is 0.367. The molecule has 3 aromatic rings. The summed E-state index contributed by atoms with van der Waals surface area (Å²) >= 11 is 13.4. The van der Waals surface area contributed by atoms with E-state index >= 15 is 0 Å². The number of carboxylic acid groups (broad SMARTS) is 1. The highest BCUT2D eigenvalue weighted by molar-refractivity contribution is 7.22. The van der Waals surface area contributed by atoms with Crippen LogP contribution < -0.4 is 9.64 Å². The number of aromatic nitrogens is 1. The van der Waals surface area contributed by atoms with Crippen LogP contribution in [-0.2, 0) is 9.59 Å². The van der Waals surface area contributed by atoms with Crippen molar-refractivity contribution in [3.8, 4) is 5.75 Å². The Hall–Kier alpha value is -2.35. The third kappa shape index (κ3) is 2.99. The number of hydrogen-bond donors (Lipinski definition) is 1. The number of carboxylic acids is 1. The number of hydrogen-bond acceptors (Lipinski definition) is 5. The summed E-state index contributed by atoms with van der Waals surface area (Å²) < 4.78 is 6.66. The fourth-order valence-electron chi connectivity index (χ4n) is 3.16. The smallest absolute Gasteiger partial charge is 0.307 e. The van der Waals surface area contributed by atoms with Gasteiger partial charge >= 0.3 is 5.97 Å². The standard InChI is InChI=1S/C19H14Cl2N2O4S/c1-9-4-3-5-13-16(9)27-19(2,8-15(24)25)17(26)23(13)18-22-12-6-10(20)11(21)7-14(12)28-18/h3-7H,8H2,1-2H3,(H,24,25). The first-order valence-electron chi connectivity index (χ1n) is 8.30. The van der Waals surface area contributed by atoms with Gasteiger partial charge < -0.3 is 9.84 Å². The Morgan fingerprint density at radius 2 is 2.04 bits per heavy atom. The van der Waals surface area contributed by atoms with Crippen molar-refractivity contribution in [3.63, 3.8) is 0 Å². The van der Waals surface area contributed by atoms with Crippen molar-refractivity contribution in [3.05, 3.63) is 45.9 Å². The van der Waals surface area contributed by atoms with E-state index in [1.807, 2.05) is 13.0 Å². The molecule has 1 amide bonds. The maximum absolute atomic E-state index is 13.3. The summed E-state index contributed by atoms with van der Waals surface area (Å²) in [5, 5.41) is 10.5. The van der Waals surface area contributed by atoms with Gasteiger partial charge in [0.05, 0.1) is 32.4 Å². The van der Waals surface area contributed by atoms with E-state index in [9.17, 15) is 14.7 Å². The minimum atomic E-state index is -1.56. The third-order valence-electron chi connectivity index (χ3n) is 4.51. The Bertz CT molecular complexity index is 1110. The van der Waals surface area contributed by atoms with Crippen LogP contribution in [0.5, 0.6) is 5.75 Å². The van der Waals surface area contributed by atoms with Crippen LogP contribution in [0.25, 0.3) is 10.2 Å². The molecule has 1 aliphatic rings. The molecule has 1 aromatic heterocycles. The first kappa shape index (κ1) is 19.0. The summed E-state index contributed by atoms with van der Waals surface area (Å²) in [5.41, 5.74) is 0.351. The van der Waals surface area contributed by atoms with E-state index in [0.717, 1.165) is 10.3 Å². The lowest BCUT2D eigenvalue weighted by molar-refractivity contribution is -0.148. The second-order valence-corrected chi connectivity index (χ2v) is 8.52. The molecule has 0 fully saturated rings. The predicted molar refractivity (Wildman–Crippen MR) is 109 cm³/mol. The molecular weight excluding hydrogens is 423 g/mol. The van der Waals surface area contributed by atoms with Gasteiger partial charge in [-0.2, -0.15) is 0 Å². The van der Waals surface area contributed by atoms with Crippen LogP contribution in [0.3, 0.4) is 0 Å². The van der Waals surface area contributed by atoms with Crippen LogP contribution in [0.1, 0.15) is 18.9 Å². The highest BCUT2D eigenvalue weighted by atomic mass is 35.5. The van der Waals surface area contributed by atoms with Gasteiger partial charge in [0.1, 0.15) is 5.75 Å². The quantitative estimate of drug-likeness (QED) is 0.609. The summed E-state index contributed by atoms with van der Waals surface area (Å²) in [6.45, 7) is 3.32. The summed E-state index contributed by atoms with van der Waals surface area (Å²) in [4.78, 5) is 30.7. The number of benzene rings is 2. The number of nitrogens with zero attached hydrogens (tertiary/aromatic N) is 2. The molecule has 0 saturated heterocycles. The number of carbonyl (C=O) groups excluding carboxylic acids is 1. The predicted octanol–water partition coefficient (Wildman–Crippen LogP) is 5.20. The molecule has 1 unspecified atom stereocenters. The number of amides is 1. The molecule has 2 heterocycles.